The lowest BCUT2D eigenvalue weighted by Gasteiger charge is -2.35. The van der Waals surface area contributed by atoms with Gasteiger partial charge in [-0.05, 0) is 34.5 Å². The first-order chi connectivity index (χ1) is 15.2. The molecule has 1 heterocycles. The van der Waals surface area contributed by atoms with Crippen molar-refractivity contribution in [1.29, 1.82) is 0 Å². The van der Waals surface area contributed by atoms with Gasteiger partial charge in [-0.2, -0.15) is 0 Å². The summed E-state index contributed by atoms with van der Waals surface area (Å²) >= 11 is 0. The number of rotatable bonds is 7. The Labute approximate surface area is 182 Å². The van der Waals surface area contributed by atoms with Crippen molar-refractivity contribution in [3.8, 4) is 11.5 Å². The molecule has 1 aliphatic rings. The van der Waals surface area contributed by atoms with Gasteiger partial charge >= 0.3 is 0 Å². The van der Waals surface area contributed by atoms with Crippen molar-refractivity contribution in [1.82, 2.24) is 10.2 Å². The monoisotopic (exact) mass is 420 g/mol. The van der Waals surface area contributed by atoms with Gasteiger partial charge in [0, 0.05) is 25.2 Å². The third kappa shape index (κ3) is 4.65. The molecule has 0 spiro atoms. The summed E-state index contributed by atoms with van der Waals surface area (Å²) in [5.41, 5.74) is 1.75. The third-order valence-electron chi connectivity index (χ3n) is 5.77. The Bertz CT molecular complexity index is 1040. The van der Waals surface area contributed by atoms with Gasteiger partial charge < -0.3 is 19.5 Å². The van der Waals surface area contributed by atoms with E-state index in [0.717, 1.165) is 13.1 Å². The van der Waals surface area contributed by atoms with Crippen molar-refractivity contribution in [2.75, 3.05) is 47.1 Å². The van der Waals surface area contributed by atoms with E-state index in [2.05, 4.69) is 52.7 Å². The molecule has 1 amide bonds. The van der Waals surface area contributed by atoms with Crippen LogP contribution in [0.25, 0.3) is 10.8 Å². The molecule has 3 aromatic carbocycles. The average Bonchev–Trinajstić information content (AvgIpc) is 2.84. The first-order valence-electron chi connectivity index (χ1n) is 10.5. The Balaban J connectivity index is 1.59. The Kier molecular flexibility index (Phi) is 6.70. The predicted molar refractivity (Wildman–Crippen MR) is 121 cm³/mol. The highest BCUT2D eigenvalue weighted by molar-refractivity contribution is 5.95. The summed E-state index contributed by atoms with van der Waals surface area (Å²) in [6.45, 7) is 3.57. The van der Waals surface area contributed by atoms with Crippen LogP contribution in [0.15, 0.2) is 60.7 Å². The molecule has 1 N–H and O–H groups in total. The first kappa shape index (κ1) is 21.2. The molecule has 162 valence electrons. The van der Waals surface area contributed by atoms with Crippen LogP contribution in [0.4, 0.5) is 0 Å². The number of fused-ring (bicyclic) bond motifs is 1. The maximum Gasteiger partial charge on any atom is 0.251 e. The molecule has 1 unspecified atom stereocenters. The number of nitrogens with zero attached hydrogens (tertiary/aromatic N) is 1. The molecular weight excluding hydrogens is 392 g/mol. The molecule has 4 rings (SSSR count). The maximum absolute atomic E-state index is 12.9. The lowest BCUT2D eigenvalue weighted by molar-refractivity contribution is 0.0165. The quantitative estimate of drug-likeness (QED) is 0.632. The zero-order valence-electron chi connectivity index (χ0n) is 18.0. The van der Waals surface area contributed by atoms with Crippen molar-refractivity contribution in [2.45, 2.75) is 6.04 Å². The van der Waals surface area contributed by atoms with Gasteiger partial charge in [0.1, 0.15) is 0 Å². The van der Waals surface area contributed by atoms with Gasteiger partial charge in [0.2, 0.25) is 0 Å². The Morgan fingerprint density at radius 2 is 1.74 bits per heavy atom. The minimum absolute atomic E-state index is 0.0547. The number of benzene rings is 3. The van der Waals surface area contributed by atoms with E-state index in [4.69, 9.17) is 14.2 Å². The first-order valence-corrected chi connectivity index (χ1v) is 10.5. The molecule has 0 radical (unpaired) electrons. The number of morpholine rings is 1. The van der Waals surface area contributed by atoms with Crippen molar-refractivity contribution in [2.24, 2.45) is 0 Å². The van der Waals surface area contributed by atoms with E-state index in [1.165, 1.54) is 16.3 Å². The molecule has 3 aromatic rings. The molecule has 0 bridgehead atoms. The highest BCUT2D eigenvalue weighted by atomic mass is 16.5. The SMILES string of the molecule is COc1ccc(C(=O)NCC(c2cccc3ccccc23)N2CCOCC2)cc1OC. The molecule has 0 saturated carbocycles. The van der Waals surface area contributed by atoms with Crippen molar-refractivity contribution < 1.29 is 19.0 Å². The summed E-state index contributed by atoms with van der Waals surface area (Å²) in [5, 5.41) is 5.54. The summed E-state index contributed by atoms with van der Waals surface area (Å²) in [6, 6.07) is 20.0. The van der Waals surface area contributed by atoms with Crippen LogP contribution in [-0.2, 0) is 4.74 Å². The summed E-state index contributed by atoms with van der Waals surface area (Å²) < 4.78 is 16.2. The number of ether oxygens (including phenoxy) is 3. The molecule has 6 heteroatoms. The standard InChI is InChI=1S/C25H28N2O4/c1-29-23-11-10-19(16-24(23)30-2)25(28)26-17-22(27-12-14-31-15-13-27)21-9-5-7-18-6-3-4-8-20(18)21/h3-11,16,22H,12-15,17H2,1-2H3,(H,26,28). The van der Waals surface area contributed by atoms with Gasteiger partial charge in [0.05, 0.1) is 33.5 Å². The molecule has 6 nitrogen and oxygen atoms in total. The summed E-state index contributed by atoms with van der Waals surface area (Å²) in [4.78, 5) is 15.3. The van der Waals surface area contributed by atoms with E-state index in [1.807, 2.05) is 0 Å². The van der Waals surface area contributed by atoms with Gasteiger partial charge in [-0.25, -0.2) is 0 Å². The van der Waals surface area contributed by atoms with E-state index in [-0.39, 0.29) is 11.9 Å². The van der Waals surface area contributed by atoms with Gasteiger partial charge in [-0.1, -0.05) is 42.5 Å². The van der Waals surface area contributed by atoms with Crippen LogP contribution < -0.4 is 14.8 Å². The smallest absolute Gasteiger partial charge is 0.251 e. The lowest BCUT2D eigenvalue weighted by Crippen LogP contribution is -2.43. The van der Waals surface area contributed by atoms with Crippen LogP contribution in [-0.4, -0.2) is 57.9 Å². The highest BCUT2D eigenvalue weighted by Crippen LogP contribution is 2.30. The fourth-order valence-corrected chi connectivity index (χ4v) is 4.13. The van der Waals surface area contributed by atoms with Gasteiger partial charge in [0.25, 0.3) is 5.91 Å². The van der Waals surface area contributed by atoms with E-state index in [0.29, 0.717) is 36.8 Å². The van der Waals surface area contributed by atoms with Gasteiger partial charge in [-0.3, -0.25) is 9.69 Å². The summed E-state index contributed by atoms with van der Waals surface area (Å²) in [7, 11) is 3.14. The maximum atomic E-state index is 12.9. The van der Waals surface area contributed by atoms with E-state index in [9.17, 15) is 4.79 Å². The Morgan fingerprint density at radius 1 is 1.00 bits per heavy atom. The van der Waals surface area contributed by atoms with Crippen LogP contribution in [0.5, 0.6) is 11.5 Å². The average molecular weight is 421 g/mol. The highest BCUT2D eigenvalue weighted by Gasteiger charge is 2.25. The second-order valence-electron chi connectivity index (χ2n) is 7.51. The second-order valence-corrected chi connectivity index (χ2v) is 7.51. The molecule has 1 fully saturated rings. The minimum Gasteiger partial charge on any atom is -0.493 e. The van der Waals surface area contributed by atoms with Crippen LogP contribution in [0, 0.1) is 0 Å². The van der Waals surface area contributed by atoms with Crippen molar-refractivity contribution in [3.05, 3.63) is 71.8 Å². The third-order valence-corrected chi connectivity index (χ3v) is 5.77. The Hall–Kier alpha value is -3.09. The number of amides is 1. The fraction of sp³-hybridized carbons (Fsp3) is 0.320. The molecular formula is C25H28N2O4. The number of hydrogen-bond donors (Lipinski definition) is 1. The molecule has 1 saturated heterocycles. The van der Waals surface area contributed by atoms with Crippen LogP contribution in [0.1, 0.15) is 22.0 Å². The zero-order valence-corrected chi connectivity index (χ0v) is 18.0. The Morgan fingerprint density at radius 3 is 2.52 bits per heavy atom. The zero-order chi connectivity index (χ0) is 21.6. The summed E-state index contributed by atoms with van der Waals surface area (Å²) in [6.07, 6.45) is 0. The fourth-order valence-electron chi connectivity index (χ4n) is 4.13. The van der Waals surface area contributed by atoms with Crippen LogP contribution >= 0.6 is 0 Å². The normalized spacial score (nSPS) is 15.4. The number of carbonyl (C=O) groups excluding carboxylic acids is 1. The van der Waals surface area contributed by atoms with E-state index in [1.54, 1.807) is 32.4 Å². The molecule has 1 atom stereocenters. The van der Waals surface area contributed by atoms with Crippen molar-refractivity contribution >= 4 is 16.7 Å². The number of hydrogen-bond acceptors (Lipinski definition) is 5. The number of carbonyl (C=O) groups is 1. The molecule has 1 aliphatic heterocycles. The van der Waals surface area contributed by atoms with E-state index >= 15 is 0 Å². The summed E-state index contributed by atoms with van der Waals surface area (Å²) in [5.74, 6) is 0.995. The van der Waals surface area contributed by atoms with Gasteiger partial charge in [-0.15, -0.1) is 0 Å². The molecule has 0 aliphatic carbocycles. The number of nitrogens with one attached hydrogen (secondary N) is 1. The van der Waals surface area contributed by atoms with Gasteiger partial charge in [0.15, 0.2) is 11.5 Å². The predicted octanol–water partition coefficient (Wildman–Crippen LogP) is 3.66. The van der Waals surface area contributed by atoms with Crippen molar-refractivity contribution in [3.63, 3.8) is 0 Å². The second kappa shape index (κ2) is 9.81. The largest absolute Gasteiger partial charge is 0.493 e. The lowest BCUT2D eigenvalue weighted by atomic mass is 9.97. The topological polar surface area (TPSA) is 60.0 Å². The molecule has 31 heavy (non-hydrogen) atoms. The van der Waals surface area contributed by atoms with E-state index < -0.39 is 0 Å². The number of methoxy groups -OCH3 is 2. The van der Waals surface area contributed by atoms with Crippen LogP contribution in [0.3, 0.4) is 0 Å². The molecule has 0 aromatic heterocycles. The van der Waals surface area contributed by atoms with Crippen LogP contribution in [0.2, 0.25) is 0 Å². The minimum atomic E-state index is -0.139.